The summed E-state index contributed by atoms with van der Waals surface area (Å²) in [6.45, 7) is 11.7. The number of pyridine rings is 1. The molecule has 1 aromatic heterocycles. The second-order valence-electron chi connectivity index (χ2n) is 6.87. The number of aromatic nitrogens is 1. The first-order chi connectivity index (χ1) is 9.93. The van der Waals surface area contributed by atoms with Gasteiger partial charge in [0.2, 0.25) is 0 Å². The van der Waals surface area contributed by atoms with Crippen LogP contribution in [0.1, 0.15) is 60.3 Å². The van der Waals surface area contributed by atoms with E-state index in [1.807, 2.05) is 12.3 Å². The van der Waals surface area contributed by atoms with Gasteiger partial charge in [0.25, 0.3) is 0 Å². The van der Waals surface area contributed by atoms with E-state index in [2.05, 4.69) is 52.8 Å². The average Bonchev–Trinajstić information content (AvgIpc) is 2.61. The summed E-state index contributed by atoms with van der Waals surface area (Å²) in [6, 6.07) is 6.35. The SMILES string of the molecule is CCC1=CC(P(c2ccccn2)C(C)(C)C)=C(C)CCC1. The maximum absolute atomic E-state index is 4.70. The van der Waals surface area contributed by atoms with Crippen LogP contribution in [-0.4, -0.2) is 10.1 Å². The molecule has 1 heterocycles. The van der Waals surface area contributed by atoms with Crippen LogP contribution in [0.5, 0.6) is 0 Å². The molecule has 0 radical (unpaired) electrons. The Morgan fingerprint density at radius 3 is 2.52 bits per heavy atom. The molecule has 0 aromatic carbocycles. The van der Waals surface area contributed by atoms with Crippen LogP contribution in [-0.2, 0) is 0 Å². The van der Waals surface area contributed by atoms with E-state index >= 15 is 0 Å². The summed E-state index contributed by atoms with van der Waals surface area (Å²) < 4.78 is 0. The molecule has 1 aromatic rings. The van der Waals surface area contributed by atoms with Gasteiger partial charge in [-0.25, -0.2) is 0 Å². The Kier molecular flexibility index (Phi) is 5.38. The highest BCUT2D eigenvalue weighted by atomic mass is 31.1. The van der Waals surface area contributed by atoms with E-state index in [1.54, 1.807) is 16.5 Å². The first-order valence-corrected chi connectivity index (χ1v) is 9.38. The number of hydrogen-bond acceptors (Lipinski definition) is 1. The van der Waals surface area contributed by atoms with Crippen LogP contribution in [0.2, 0.25) is 0 Å². The second-order valence-corrected chi connectivity index (χ2v) is 9.82. The Morgan fingerprint density at radius 1 is 1.19 bits per heavy atom. The quantitative estimate of drug-likeness (QED) is 0.645. The molecule has 0 saturated heterocycles. The van der Waals surface area contributed by atoms with E-state index in [-0.39, 0.29) is 5.16 Å². The molecular formula is C19H28NP. The highest BCUT2D eigenvalue weighted by molar-refractivity contribution is 7.71. The third-order valence-electron chi connectivity index (χ3n) is 4.07. The molecule has 0 saturated carbocycles. The number of rotatable bonds is 3. The van der Waals surface area contributed by atoms with Crippen LogP contribution in [0.4, 0.5) is 0 Å². The topological polar surface area (TPSA) is 12.9 Å². The lowest BCUT2D eigenvalue weighted by Gasteiger charge is -2.33. The zero-order valence-electron chi connectivity index (χ0n) is 14.1. The molecule has 2 heteroatoms. The van der Waals surface area contributed by atoms with Gasteiger partial charge >= 0.3 is 0 Å². The predicted octanol–water partition coefficient (Wildman–Crippen LogP) is 5.78. The first-order valence-electron chi connectivity index (χ1n) is 8.04. The van der Waals surface area contributed by atoms with E-state index < -0.39 is 7.92 Å². The van der Waals surface area contributed by atoms with Crippen molar-refractivity contribution in [2.24, 2.45) is 0 Å². The Labute approximate surface area is 131 Å². The summed E-state index contributed by atoms with van der Waals surface area (Å²) in [4.78, 5) is 4.70. The standard InChI is InChI=1S/C19H28NP/c1-6-16-11-9-10-15(2)17(14-16)21(19(3,4)5)18-12-7-8-13-20-18/h7-8,12-14H,6,9-11H2,1-5H3. The van der Waals surface area contributed by atoms with Crippen molar-refractivity contribution in [3.63, 3.8) is 0 Å². The molecule has 0 spiro atoms. The highest BCUT2D eigenvalue weighted by Gasteiger charge is 2.31. The fraction of sp³-hybridized carbons (Fsp3) is 0.526. The molecule has 1 aliphatic carbocycles. The lowest BCUT2D eigenvalue weighted by Crippen LogP contribution is -2.22. The van der Waals surface area contributed by atoms with Crippen LogP contribution in [0.3, 0.4) is 0 Å². The number of nitrogens with zero attached hydrogens (tertiary/aromatic N) is 1. The van der Waals surface area contributed by atoms with Crippen LogP contribution >= 0.6 is 7.92 Å². The molecule has 114 valence electrons. The van der Waals surface area contributed by atoms with Crippen LogP contribution < -0.4 is 5.44 Å². The lowest BCUT2D eigenvalue weighted by atomic mass is 10.1. The van der Waals surface area contributed by atoms with Crippen molar-refractivity contribution in [1.29, 1.82) is 0 Å². The van der Waals surface area contributed by atoms with Crippen LogP contribution in [0.25, 0.3) is 0 Å². The maximum atomic E-state index is 4.70. The van der Waals surface area contributed by atoms with Gasteiger partial charge < -0.3 is 0 Å². The normalized spacial score (nSPS) is 18.2. The molecule has 21 heavy (non-hydrogen) atoms. The van der Waals surface area contributed by atoms with Crippen molar-refractivity contribution in [3.8, 4) is 0 Å². The summed E-state index contributed by atoms with van der Waals surface area (Å²) in [5.74, 6) is 0. The highest BCUT2D eigenvalue weighted by Crippen LogP contribution is 2.57. The van der Waals surface area contributed by atoms with Gasteiger partial charge in [0.1, 0.15) is 0 Å². The minimum absolute atomic E-state index is 0.236. The summed E-state index contributed by atoms with van der Waals surface area (Å²) in [7, 11) is -0.412. The van der Waals surface area contributed by atoms with E-state index in [0.717, 1.165) is 0 Å². The van der Waals surface area contributed by atoms with E-state index in [1.165, 1.54) is 31.1 Å². The van der Waals surface area contributed by atoms with Gasteiger partial charge in [-0.05, 0) is 63.1 Å². The van der Waals surface area contributed by atoms with E-state index in [9.17, 15) is 0 Å². The molecular weight excluding hydrogens is 273 g/mol. The monoisotopic (exact) mass is 301 g/mol. The van der Waals surface area contributed by atoms with Crippen molar-refractivity contribution in [2.45, 2.75) is 65.5 Å². The van der Waals surface area contributed by atoms with Crippen molar-refractivity contribution in [3.05, 3.63) is 46.9 Å². The van der Waals surface area contributed by atoms with Gasteiger partial charge in [0.15, 0.2) is 0 Å². The molecule has 0 fully saturated rings. The van der Waals surface area contributed by atoms with Gasteiger partial charge in [0, 0.05) is 6.20 Å². The van der Waals surface area contributed by atoms with Crippen LogP contribution in [0.15, 0.2) is 46.9 Å². The van der Waals surface area contributed by atoms with Crippen molar-refractivity contribution < 1.29 is 0 Å². The Hall–Kier alpha value is -0.940. The molecule has 0 aliphatic heterocycles. The molecule has 0 bridgehead atoms. The Morgan fingerprint density at radius 2 is 1.95 bits per heavy atom. The van der Waals surface area contributed by atoms with Crippen molar-refractivity contribution in [2.75, 3.05) is 0 Å². The molecule has 1 aliphatic rings. The number of allylic oxidation sites excluding steroid dienone is 4. The van der Waals surface area contributed by atoms with Crippen LogP contribution in [0, 0.1) is 0 Å². The first kappa shape index (κ1) is 16.4. The fourth-order valence-corrected chi connectivity index (χ4v) is 5.83. The molecule has 2 rings (SSSR count). The fourth-order valence-electron chi connectivity index (χ4n) is 2.95. The van der Waals surface area contributed by atoms with Crippen molar-refractivity contribution >= 4 is 13.4 Å². The third kappa shape index (κ3) is 4.04. The van der Waals surface area contributed by atoms with Gasteiger partial charge in [-0.3, -0.25) is 4.98 Å². The van der Waals surface area contributed by atoms with Gasteiger partial charge in [-0.1, -0.05) is 51.0 Å². The minimum Gasteiger partial charge on any atom is -0.256 e. The van der Waals surface area contributed by atoms with Gasteiger partial charge in [-0.15, -0.1) is 0 Å². The number of hydrogen-bond donors (Lipinski definition) is 0. The lowest BCUT2D eigenvalue weighted by molar-refractivity contribution is 0.786. The third-order valence-corrected chi connectivity index (χ3v) is 7.13. The smallest absolute Gasteiger partial charge is 0.0681 e. The summed E-state index contributed by atoms with van der Waals surface area (Å²) in [5, 5.41) is 1.81. The largest absolute Gasteiger partial charge is 0.256 e. The van der Waals surface area contributed by atoms with Crippen molar-refractivity contribution in [1.82, 2.24) is 4.98 Å². The van der Waals surface area contributed by atoms with Gasteiger partial charge in [0.05, 0.1) is 5.44 Å². The molecule has 1 nitrogen and oxygen atoms in total. The molecule has 1 unspecified atom stereocenters. The zero-order valence-corrected chi connectivity index (χ0v) is 15.0. The van der Waals surface area contributed by atoms with E-state index in [0.29, 0.717) is 0 Å². The van der Waals surface area contributed by atoms with Gasteiger partial charge in [-0.2, -0.15) is 0 Å². The molecule has 0 N–H and O–H groups in total. The Balaban J connectivity index is 2.54. The Bertz CT molecular complexity index is 534. The molecule has 1 atom stereocenters. The summed E-state index contributed by atoms with van der Waals surface area (Å²) >= 11 is 0. The zero-order chi connectivity index (χ0) is 15.5. The summed E-state index contributed by atoms with van der Waals surface area (Å²) in [6.07, 6.45) is 9.40. The second kappa shape index (κ2) is 6.88. The predicted molar refractivity (Wildman–Crippen MR) is 95.5 cm³/mol. The van der Waals surface area contributed by atoms with E-state index in [4.69, 9.17) is 4.98 Å². The average molecular weight is 301 g/mol. The maximum Gasteiger partial charge on any atom is 0.0681 e. The summed E-state index contributed by atoms with van der Waals surface area (Å²) in [5.41, 5.74) is 4.45. The minimum atomic E-state index is -0.412. The molecule has 0 amide bonds.